The molecule has 1 aliphatic rings. The summed E-state index contributed by atoms with van der Waals surface area (Å²) in [7, 11) is 1.49. The van der Waals surface area contributed by atoms with Gasteiger partial charge in [-0.2, -0.15) is 0 Å². The molecule has 1 saturated heterocycles. The molecular formula is C13H15FN2O3. The first-order chi connectivity index (χ1) is 9.06. The number of hydrogen-bond acceptors (Lipinski definition) is 3. The lowest BCUT2D eigenvalue weighted by Gasteiger charge is -2.23. The molecule has 1 aliphatic heterocycles. The van der Waals surface area contributed by atoms with E-state index in [0.29, 0.717) is 19.4 Å². The number of halogens is 1. The summed E-state index contributed by atoms with van der Waals surface area (Å²) < 4.78 is 13.7. The number of phenols is 1. The molecule has 1 fully saturated rings. The Balaban J connectivity index is 2.31. The van der Waals surface area contributed by atoms with Gasteiger partial charge in [-0.15, -0.1) is 0 Å². The van der Waals surface area contributed by atoms with Crippen molar-refractivity contribution in [1.29, 1.82) is 0 Å². The van der Waals surface area contributed by atoms with Gasteiger partial charge < -0.3 is 15.3 Å². The fourth-order valence-corrected chi connectivity index (χ4v) is 2.32. The summed E-state index contributed by atoms with van der Waals surface area (Å²) in [5.74, 6) is -2.12. The average molecular weight is 266 g/mol. The molecule has 0 radical (unpaired) electrons. The van der Waals surface area contributed by atoms with Crippen molar-refractivity contribution in [2.45, 2.75) is 18.9 Å². The molecule has 1 aromatic rings. The van der Waals surface area contributed by atoms with Gasteiger partial charge in [0.25, 0.3) is 5.91 Å². The SMILES string of the molecule is CNC(=O)C1CCCN1C(=O)c1c(O)cccc1F. The second-order valence-electron chi connectivity index (χ2n) is 4.40. The number of aromatic hydroxyl groups is 1. The van der Waals surface area contributed by atoms with Crippen molar-refractivity contribution in [3.8, 4) is 5.75 Å². The predicted octanol–water partition coefficient (Wildman–Crippen LogP) is 0.882. The van der Waals surface area contributed by atoms with Crippen molar-refractivity contribution in [1.82, 2.24) is 10.2 Å². The van der Waals surface area contributed by atoms with Crippen LogP contribution in [-0.4, -0.2) is 41.5 Å². The number of carbonyl (C=O) groups is 2. The molecule has 19 heavy (non-hydrogen) atoms. The van der Waals surface area contributed by atoms with Crippen LogP contribution in [-0.2, 0) is 4.79 Å². The van der Waals surface area contributed by atoms with E-state index in [1.807, 2.05) is 0 Å². The number of likely N-dealkylation sites (N-methyl/N-ethyl adjacent to an activating group) is 1. The van der Waals surface area contributed by atoms with Gasteiger partial charge in [0.15, 0.2) is 0 Å². The summed E-state index contributed by atoms with van der Waals surface area (Å²) in [4.78, 5) is 25.2. The molecule has 0 aromatic heterocycles. The quantitative estimate of drug-likeness (QED) is 0.835. The van der Waals surface area contributed by atoms with Gasteiger partial charge in [-0.05, 0) is 25.0 Å². The normalized spacial score (nSPS) is 18.4. The van der Waals surface area contributed by atoms with E-state index in [2.05, 4.69) is 5.32 Å². The van der Waals surface area contributed by atoms with Gasteiger partial charge in [0.05, 0.1) is 0 Å². The zero-order chi connectivity index (χ0) is 14.0. The predicted molar refractivity (Wildman–Crippen MR) is 66.2 cm³/mol. The summed E-state index contributed by atoms with van der Waals surface area (Å²) in [6.45, 7) is 0.380. The highest BCUT2D eigenvalue weighted by Crippen LogP contribution is 2.26. The highest BCUT2D eigenvalue weighted by molar-refractivity contribution is 6.00. The second kappa shape index (κ2) is 5.26. The smallest absolute Gasteiger partial charge is 0.261 e. The van der Waals surface area contributed by atoms with Gasteiger partial charge in [0, 0.05) is 13.6 Å². The van der Waals surface area contributed by atoms with E-state index in [4.69, 9.17) is 0 Å². The molecule has 2 rings (SSSR count). The largest absolute Gasteiger partial charge is 0.507 e. The van der Waals surface area contributed by atoms with E-state index in [0.717, 1.165) is 6.07 Å². The lowest BCUT2D eigenvalue weighted by Crippen LogP contribution is -2.45. The van der Waals surface area contributed by atoms with Crippen LogP contribution in [0.25, 0.3) is 0 Å². The van der Waals surface area contributed by atoms with Gasteiger partial charge in [0.2, 0.25) is 5.91 Å². The molecule has 0 saturated carbocycles. The van der Waals surface area contributed by atoms with E-state index < -0.39 is 23.5 Å². The first kappa shape index (κ1) is 13.3. The number of likely N-dealkylation sites (tertiary alicyclic amines) is 1. The van der Waals surface area contributed by atoms with Crippen molar-refractivity contribution in [3.63, 3.8) is 0 Å². The van der Waals surface area contributed by atoms with Crippen LogP contribution < -0.4 is 5.32 Å². The zero-order valence-corrected chi connectivity index (χ0v) is 10.5. The van der Waals surface area contributed by atoms with Crippen LogP contribution in [0, 0.1) is 5.82 Å². The van der Waals surface area contributed by atoms with Gasteiger partial charge in [0.1, 0.15) is 23.2 Å². The minimum Gasteiger partial charge on any atom is -0.507 e. The molecule has 2 amide bonds. The number of amides is 2. The first-order valence-electron chi connectivity index (χ1n) is 6.06. The third-order valence-corrected chi connectivity index (χ3v) is 3.27. The van der Waals surface area contributed by atoms with E-state index >= 15 is 0 Å². The molecular weight excluding hydrogens is 251 g/mol. The maximum atomic E-state index is 13.7. The van der Waals surface area contributed by atoms with Crippen molar-refractivity contribution >= 4 is 11.8 Å². The van der Waals surface area contributed by atoms with Crippen molar-refractivity contribution in [2.75, 3.05) is 13.6 Å². The topological polar surface area (TPSA) is 69.6 Å². The van der Waals surface area contributed by atoms with E-state index in [9.17, 15) is 19.1 Å². The maximum Gasteiger partial charge on any atom is 0.261 e. The van der Waals surface area contributed by atoms with E-state index in [1.165, 1.54) is 24.1 Å². The fraction of sp³-hybridized carbons (Fsp3) is 0.385. The lowest BCUT2D eigenvalue weighted by molar-refractivity contribution is -0.124. The van der Waals surface area contributed by atoms with Crippen LogP contribution in [0.15, 0.2) is 18.2 Å². The van der Waals surface area contributed by atoms with Gasteiger partial charge in [-0.1, -0.05) is 6.07 Å². The maximum absolute atomic E-state index is 13.7. The standard InChI is InChI=1S/C13H15FN2O3/c1-15-12(18)9-5-3-7-16(9)13(19)11-8(14)4-2-6-10(11)17/h2,4,6,9,17H,3,5,7H2,1H3,(H,15,18). The number of phenolic OH excluding ortho intramolecular Hbond substituents is 1. The highest BCUT2D eigenvalue weighted by Gasteiger charge is 2.35. The Morgan fingerprint density at radius 3 is 2.84 bits per heavy atom. The fourth-order valence-electron chi connectivity index (χ4n) is 2.32. The Morgan fingerprint density at radius 1 is 1.47 bits per heavy atom. The number of nitrogens with one attached hydrogen (secondary N) is 1. The van der Waals surface area contributed by atoms with Gasteiger partial charge >= 0.3 is 0 Å². The average Bonchev–Trinajstić information content (AvgIpc) is 2.86. The van der Waals surface area contributed by atoms with Crippen molar-refractivity contribution in [3.05, 3.63) is 29.6 Å². The van der Waals surface area contributed by atoms with Crippen molar-refractivity contribution < 1.29 is 19.1 Å². The van der Waals surface area contributed by atoms with Crippen LogP contribution >= 0.6 is 0 Å². The summed E-state index contributed by atoms with van der Waals surface area (Å²) >= 11 is 0. The molecule has 1 atom stereocenters. The summed E-state index contributed by atoms with van der Waals surface area (Å²) in [6.07, 6.45) is 1.22. The summed E-state index contributed by atoms with van der Waals surface area (Å²) in [6, 6.07) is 3.08. The van der Waals surface area contributed by atoms with Gasteiger partial charge in [-0.3, -0.25) is 9.59 Å². The number of hydrogen-bond donors (Lipinski definition) is 2. The van der Waals surface area contributed by atoms with Crippen molar-refractivity contribution in [2.24, 2.45) is 0 Å². The van der Waals surface area contributed by atoms with Crippen LogP contribution in [0.1, 0.15) is 23.2 Å². The third kappa shape index (κ3) is 2.38. The number of nitrogens with zero attached hydrogens (tertiary/aromatic N) is 1. The van der Waals surface area contributed by atoms with Crippen LogP contribution in [0.2, 0.25) is 0 Å². The molecule has 1 heterocycles. The molecule has 102 valence electrons. The number of rotatable bonds is 2. The van der Waals surface area contributed by atoms with Crippen LogP contribution in [0.5, 0.6) is 5.75 Å². The Kier molecular flexibility index (Phi) is 3.69. The molecule has 6 heteroatoms. The van der Waals surface area contributed by atoms with Crippen LogP contribution in [0.4, 0.5) is 4.39 Å². The molecule has 1 unspecified atom stereocenters. The lowest BCUT2D eigenvalue weighted by atomic mass is 10.1. The monoisotopic (exact) mass is 266 g/mol. The molecule has 5 nitrogen and oxygen atoms in total. The summed E-state index contributed by atoms with van der Waals surface area (Å²) in [5, 5.41) is 12.1. The molecule has 0 bridgehead atoms. The highest BCUT2D eigenvalue weighted by atomic mass is 19.1. The molecule has 1 aromatic carbocycles. The Labute approximate surface area is 110 Å². The number of carbonyl (C=O) groups excluding carboxylic acids is 2. The third-order valence-electron chi connectivity index (χ3n) is 3.27. The zero-order valence-electron chi connectivity index (χ0n) is 10.5. The second-order valence-corrected chi connectivity index (χ2v) is 4.40. The Bertz CT molecular complexity index is 498. The number of benzene rings is 1. The molecule has 2 N–H and O–H groups in total. The van der Waals surface area contributed by atoms with E-state index in [1.54, 1.807) is 0 Å². The minimum absolute atomic E-state index is 0.276. The van der Waals surface area contributed by atoms with E-state index in [-0.39, 0.29) is 11.5 Å². The molecule has 0 aliphatic carbocycles. The van der Waals surface area contributed by atoms with Gasteiger partial charge in [-0.25, -0.2) is 4.39 Å². The Morgan fingerprint density at radius 2 is 2.21 bits per heavy atom. The minimum atomic E-state index is -0.785. The Hall–Kier alpha value is -2.11. The summed E-state index contributed by atoms with van der Waals surface area (Å²) in [5.41, 5.74) is -0.377. The van der Waals surface area contributed by atoms with Crippen LogP contribution in [0.3, 0.4) is 0 Å². The first-order valence-corrected chi connectivity index (χ1v) is 6.06. The molecule has 0 spiro atoms.